The molecule has 3 rings (SSSR count). The van der Waals surface area contributed by atoms with E-state index in [0.717, 1.165) is 11.1 Å². The lowest BCUT2D eigenvalue weighted by Gasteiger charge is -2.08. The molecule has 0 saturated heterocycles. The highest BCUT2D eigenvalue weighted by Crippen LogP contribution is 2.15. The maximum atomic E-state index is 12.2. The summed E-state index contributed by atoms with van der Waals surface area (Å²) in [5.74, 6) is 1.04. The molecule has 120 valence electrons. The fraction of sp³-hybridized carbons (Fsp3) is 0.105. The summed E-state index contributed by atoms with van der Waals surface area (Å²) in [5.41, 5.74) is 2.58. The fourth-order valence-electron chi connectivity index (χ4n) is 2.15. The first-order valence-corrected chi connectivity index (χ1v) is 7.56. The van der Waals surface area contributed by atoms with Crippen LogP contribution in [0.2, 0.25) is 0 Å². The van der Waals surface area contributed by atoms with Crippen LogP contribution in [0.1, 0.15) is 21.5 Å². The minimum absolute atomic E-state index is 0.202. The average molecular weight is 319 g/mol. The molecule has 5 heteroatoms. The second-order valence-electron chi connectivity index (χ2n) is 5.35. The van der Waals surface area contributed by atoms with Crippen LogP contribution in [-0.4, -0.2) is 15.9 Å². The van der Waals surface area contributed by atoms with Crippen molar-refractivity contribution in [2.24, 2.45) is 0 Å². The highest BCUT2D eigenvalue weighted by molar-refractivity contribution is 6.03. The SMILES string of the molecule is Cc1ccnc(NC(=O)c2ccc(OCc3cccnc3)cc2)c1. The van der Waals surface area contributed by atoms with Crippen molar-refractivity contribution in [1.82, 2.24) is 9.97 Å². The van der Waals surface area contributed by atoms with Gasteiger partial charge in [0.1, 0.15) is 18.2 Å². The van der Waals surface area contributed by atoms with E-state index in [1.807, 2.05) is 31.2 Å². The Bertz CT molecular complexity index is 818. The number of hydrogen-bond donors (Lipinski definition) is 1. The van der Waals surface area contributed by atoms with Crippen LogP contribution in [0.4, 0.5) is 5.82 Å². The van der Waals surface area contributed by atoms with Crippen molar-refractivity contribution >= 4 is 11.7 Å². The van der Waals surface area contributed by atoms with Gasteiger partial charge in [-0.3, -0.25) is 9.78 Å². The van der Waals surface area contributed by atoms with Crippen LogP contribution >= 0.6 is 0 Å². The van der Waals surface area contributed by atoms with Crippen molar-refractivity contribution in [2.75, 3.05) is 5.32 Å². The Morgan fingerprint density at radius 3 is 2.67 bits per heavy atom. The minimum atomic E-state index is -0.202. The topological polar surface area (TPSA) is 64.1 Å². The second kappa shape index (κ2) is 7.37. The van der Waals surface area contributed by atoms with Crippen LogP contribution in [-0.2, 0) is 6.61 Å². The van der Waals surface area contributed by atoms with Crippen LogP contribution in [0.25, 0.3) is 0 Å². The van der Waals surface area contributed by atoms with E-state index in [2.05, 4.69) is 15.3 Å². The molecule has 0 unspecified atom stereocenters. The number of carbonyl (C=O) groups is 1. The number of benzene rings is 1. The number of hydrogen-bond acceptors (Lipinski definition) is 4. The van der Waals surface area contributed by atoms with E-state index in [9.17, 15) is 4.79 Å². The number of rotatable bonds is 5. The summed E-state index contributed by atoms with van der Waals surface area (Å²) in [7, 11) is 0. The summed E-state index contributed by atoms with van der Waals surface area (Å²) in [5, 5.41) is 2.78. The first-order valence-electron chi connectivity index (χ1n) is 7.56. The van der Waals surface area contributed by atoms with E-state index >= 15 is 0 Å². The quantitative estimate of drug-likeness (QED) is 0.780. The van der Waals surface area contributed by atoms with Gasteiger partial charge < -0.3 is 10.1 Å². The summed E-state index contributed by atoms with van der Waals surface area (Å²) >= 11 is 0. The number of anilines is 1. The largest absolute Gasteiger partial charge is 0.489 e. The molecule has 0 spiro atoms. The first kappa shape index (κ1) is 15.7. The summed E-state index contributed by atoms with van der Waals surface area (Å²) in [6, 6.07) is 14.5. The van der Waals surface area contributed by atoms with Gasteiger partial charge in [-0.2, -0.15) is 0 Å². The molecule has 1 aromatic carbocycles. The molecular formula is C19H17N3O2. The zero-order chi connectivity index (χ0) is 16.8. The number of pyridine rings is 2. The van der Waals surface area contributed by atoms with Gasteiger partial charge in [-0.15, -0.1) is 0 Å². The molecule has 5 nitrogen and oxygen atoms in total. The molecule has 0 saturated carbocycles. The van der Waals surface area contributed by atoms with Gasteiger partial charge in [-0.05, 0) is 55.0 Å². The number of aryl methyl sites for hydroxylation is 1. The van der Waals surface area contributed by atoms with Crippen LogP contribution in [0, 0.1) is 6.92 Å². The lowest BCUT2D eigenvalue weighted by molar-refractivity contribution is 0.102. The smallest absolute Gasteiger partial charge is 0.256 e. The van der Waals surface area contributed by atoms with Crippen molar-refractivity contribution in [2.45, 2.75) is 13.5 Å². The van der Waals surface area contributed by atoms with E-state index in [1.165, 1.54) is 0 Å². The Morgan fingerprint density at radius 2 is 1.96 bits per heavy atom. The molecule has 0 radical (unpaired) electrons. The van der Waals surface area contributed by atoms with Crippen LogP contribution in [0.15, 0.2) is 67.1 Å². The van der Waals surface area contributed by atoms with Gasteiger partial charge in [0.15, 0.2) is 0 Å². The van der Waals surface area contributed by atoms with Crippen LogP contribution in [0.3, 0.4) is 0 Å². The molecule has 0 aliphatic carbocycles. The Kier molecular flexibility index (Phi) is 4.81. The van der Waals surface area contributed by atoms with Gasteiger partial charge in [-0.1, -0.05) is 6.07 Å². The number of amides is 1. The van der Waals surface area contributed by atoms with Crippen molar-refractivity contribution in [1.29, 1.82) is 0 Å². The zero-order valence-electron chi connectivity index (χ0n) is 13.3. The summed E-state index contributed by atoms with van der Waals surface area (Å²) in [4.78, 5) is 20.4. The lowest BCUT2D eigenvalue weighted by atomic mass is 10.2. The third-order valence-corrected chi connectivity index (χ3v) is 3.40. The molecule has 3 aromatic rings. The number of carbonyl (C=O) groups excluding carboxylic acids is 1. The molecule has 0 atom stereocenters. The van der Waals surface area contributed by atoms with Gasteiger partial charge in [-0.25, -0.2) is 4.98 Å². The van der Waals surface area contributed by atoms with Gasteiger partial charge in [0.05, 0.1) is 0 Å². The molecule has 0 fully saturated rings. The molecule has 2 aromatic heterocycles. The van der Waals surface area contributed by atoms with Gasteiger partial charge in [0.2, 0.25) is 0 Å². The first-order chi connectivity index (χ1) is 11.7. The van der Waals surface area contributed by atoms with Crippen LogP contribution < -0.4 is 10.1 Å². The zero-order valence-corrected chi connectivity index (χ0v) is 13.3. The maximum absolute atomic E-state index is 12.2. The normalized spacial score (nSPS) is 10.2. The minimum Gasteiger partial charge on any atom is -0.489 e. The van der Waals surface area contributed by atoms with Gasteiger partial charge >= 0.3 is 0 Å². The Hall–Kier alpha value is -3.21. The predicted molar refractivity (Wildman–Crippen MR) is 91.9 cm³/mol. The Balaban J connectivity index is 1.60. The third-order valence-electron chi connectivity index (χ3n) is 3.40. The van der Waals surface area contributed by atoms with E-state index in [1.54, 1.807) is 42.9 Å². The molecule has 1 amide bonds. The van der Waals surface area contributed by atoms with E-state index in [0.29, 0.717) is 23.7 Å². The third kappa shape index (κ3) is 4.16. The summed E-state index contributed by atoms with van der Waals surface area (Å²) in [6.07, 6.45) is 5.15. The van der Waals surface area contributed by atoms with Crippen molar-refractivity contribution in [3.8, 4) is 5.75 Å². The molecule has 24 heavy (non-hydrogen) atoms. The average Bonchev–Trinajstić information content (AvgIpc) is 2.61. The second-order valence-corrected chi connectivity index (χ2v) is 5.35. The van der Waals surface area contributed by atoms with Crippen molar-refractivity contribution in [3.63, 3.8) is 0 Å². The van der Waals surface area contributed by atoms with E-state index in [-0.39, 0.29) is 5.91 Å². The highest BCUT2D eigenvalue weighted by atomic mass is 16.5. The Labute approximate surface area is 140 Å². The monoisotopic (exact) mass is 319 g/mol. The van der Waals surface area contributed by atoms with E-state index in [4.69, 9.17) is 4.74 Å². The molecule has 0 aliphatic heterocycles. The molecule has 1 N–H and O–H groups in total. The lowest BCUT2D eigenvalue weighted by Crippen LogP contribution is -2.12. The number of nitrogens with zero attached hydrogens (tertiary/aromatic N) is 2. The molecule has 2 heterocycles. The number of aromatic nitrogens is 2. The van der Waals surface area contributed by atoms with E-state index < -0.39 is 0 Å². The molecule has 0 bridgehead atoms. The number of nitrogens with one attached hydrogen (secondary N) is 1. The van der Waals surface area contributed by atoms with Gasteiger partial charge in [0.25, 0.3) is 5.91 Å². The maximum Gasteiger partial charge on any atom is 0.256 e. The molecular weight excluding hydrogens is 302 g/mol. The highest BCUT2D eigenvalue weighted by Gasteiger charge is 2.07. The van der Waals surface area contributed by atoms with Gasteiger partial charge in [0, 0.05) is 29.7 Å². The van der Waals surface area contributed by atoms with Crippen molar-refractivity contribution < 1.29 is 9.53 Å². The van der Waals surface area contributed by atoms with Crippen molar-refractivity contribution in [3.05, 3.63) is 83.8 Å². The summed E-state index contributed by atoms with van der Waals surface area (Å²) in [6.45, 7) is 2.39. The van der Waals surface area contributed by atoms with Crippen LogP contribution in [0.5, 0.6) is 5.75 Å². The number of ether oxygens (including phenoxy) is 1. The predicted octanol–water partition coefficient (Wildman–Crippen LogP) is 3.62. The Morgan fingerprint density at radius 1 is 1.12 bits per heavy atom. The molecule has 0 aliphatic rings. The standard InChI is InChI=1S/C19H17N3O2/c1-14-8-10-21-18(11-14)22-19(23)16-4-6-17(7-5-16)24-13-15-3-2-9-20-12-15/h2-12H,13H2,1H3,(H,21,22,23). The summed E-state index contributed by atoms with van der Waals surface area (Å²) < 4.78 is 5.68. The fourth-order valence-corrected chi connectivity index (χ4v) is 2.15.